The second kappa shape index (κ2) is 6.38. The quantitative estimate of drug-likeness (QED) is 0.865. The van der Waals surface area contributed by atoms with Crippen LogP contribution in [0.25, 0.3) is 0 Å². The number of hydrogen-bond acceptors (Lipinski definition) is 5. The first-order valence-corrected chi connectivity index (χ1v) is 8.52. The van der Waals surface area contributed by atoms with E-state index in [1.54, 1.807) is 11.7 Å². The van der Waals surface area contributed by atoms with Crippen LogP contribution in [0.1, 0.15) is 10.4 Å². The molecule has 2 rings (SSSR count). The molecular weight excluding hydrogens is 343 g/mol. The summed E-state index contributed by atoms with van der Waals surface area (Å²) in [5, 5.41) is 9.33. The van der Waals surface area contributed by atoms with Gasteiger partial charge in [-0.3, -0.25) is 4.98 Å². The second-order valence-electron chi connectivity index (χ2n) is 3.79. The Morgan fingerprint density at radius 1 is 1.35 bits per heavy atom. The molecule has 0 unspecified atom stereocenters. The maximum Gasteiger partial charge on any atom is 0.242 e. The van der Waals surface area contributed by atoms with E-state index in [0.717, 1.165) is 4.88 Å². The van der Waals surface area contributed by atoms with Crippen LogP contribution in [0.15, 0.2) is 28.7 Å². The number of rotatable bonds is 5. The number of nitrogens with zero attached hydrogens (tertiary/aromatic N) is 1. The van der Waals surface area contributed by atoms with Gasteiger partial charge in [0.1, 0.15) is 4.90 Å². The lowest BCUT2D eigenvalue weighted by Gasteiger charge is -2.11. The van der Waals surface area contributed by atoms with Crippen molar-refractivity contribution in [1.82, 2.24) is 9.71 Å². The second-order valence-corrected chi connectivity index (χ2v) is 7.28. The van der Waals surface area contributed by atoms with Gasteiger partial charge in [-0.1, -0.05) is 23.2 Å². The SMILES string of the molecule is O=S(=O)(NCc1cncs1)c1ccc(Cl)c(CO)c1Cl. The van der Waals surface area contributed by atoms with Crippen LogP contribution >= 0.6 is 34.5 Å². The van der Waals surface area contributed by atoms with E-state index in [0.29, 0.717) is 0 Å². The fourth-order valence-electron chi connectivity index (χ4n) is 1.50. The maximum atomic E-state index is 12.2. The van der Waals surface area contributed by atoms with E-state index in [4.69, 9.17) is 23.2 Å². The van der Waals surface area contributed by atoms with Gasteiger partial charge in [-0.05, 0) is 12.1 Å². The molecular formula is C11H10Cl2N2O3S2. The molecule has 0 atom stereocenters. The number of aliphatic hydroxyl groups is 1. The Morgan fingerprint density at radius 2 is 2.10 bits per heavy atom. The van der Waals surface area contributed by atoms with Gasteiger partial charge in [-0.2, -0.15) is 0 Å². The van der Waals surface area contributed by atoms with Crippen LogP contribution in [0.2, 0.25) is 10.0 Å². The van der Waals surface area contributed by atoms with Gasteiger partial charge in [0.2, 0.25) is 10.0 Å². The van der Waals surface area contributed by atoms with E-state index >= 15 is 0 Å². The summed E-state index contributed by atoms with van der Waals surface area (Å²) in [6.45, 7) is -0.309. The predicted octanol–water partition coefficient (Wildman–Crippen LogP) is 2.42. The zero-order valence-electron chi connectivity index (χ0n) is 10.0. The van der Waals surface area contributed by atoms with Crippen molar-refractivity contribution in [2.45, 2.75) is 18.0 Å². The Labute approximate surface area is 130 Å². The molecule has 1 aromatic carbocycles. The molecule has 20 heavy (non-hydrogen) atoms. The maximum absolute atomic E-state index is 12.2. The summed E-state index contributed by atoms with van der Waals surface area (Å²) in [5.74, 6) is 0. The Hall–Kier alpha value is -0.700. The number of halogens is 2. The monoisotopic (exact) mass is 352 g/mol. The fourth-order valence-corrected chi connectivity index (χ4v) is 4.03. The van der Waals surface area contributed by atoms with Crippen molar-refractivity contribution < 1.29 is 13.5 Å². The minimum atomic E-state index is -3.79. The van der Waals surface area contributed by atoms with Crippen LogP contribution in [0.3, 0.4) is 0 Å². The molecule has 0 aliphatic carbocycles. The summed E-state index contributed by atoms with van der Waals surface area (Å²) in [7, 11) is -3.79. The van der Waals surface area contributed by atoms with Gasteiger partial charge >= 0.3 is 0 Å². The molecule has 0 saturated heterocycles. The highest BCUT2D eigenvalue weighted by atomic mass is 35.5. The van der Waals surface area contributed by atoms with Crippen molar-refractivity contribution in [3.63, 3.8) is 0 Å². The first-order valence-electron chi connectivity index (χ1n) is 5.40. The molecule has 0 fully saturated rings. The number of aliphatic hydroxyl groups excluding tert-OH is 1. The summed E-state index contributed by atoms with van der Waals surface area (Å²) in [4.78, 5) is 4.52. The highest BCUT2D eigenvalue weighted by Crippen LogP contribution is 2.31. The Morgan fingerprint density at radius 3 is 2.70 bits per heavy atom. The van der Waals surface area contributed by atoms with Gasteiger partial charge in [0, 0.05) is 28.2 Å². The summed E-state index contributed by atoms with van der Waals surface area (Å²) in [6.07, 6.45) is 1.58. The molecule has 0 amide bonds. The molecule has 9 heteroatoms. The van der Waals surface area contributed by atoms with Gasteiger partial charge in [-0.25, -0.2) is 13.1 Å². The predicted molar refractivity (Wildman–Crippen MR) is 78.5 cm³/mol. The first-order chi connectivity index (χ1) is 9.45. The topological polar surface area (TPSA) is 79.3 Å². The molecule has 0 saturated carbocycles. The number of thiazole rings is 1. The third-order valence-electron chi connectivity index (χ3n) is 2.52. The average molecular weight is 353 g/mol. The van der Waals surface area contributed by atoms with Crippen LogP contribution < -0.4 is 4.72 Å². The van der Waals surface area contributed by atoms with E-state index in [1.165, 1.54) is 23.5 Å². The van der Waals surface area contributed by atoms with Crippen molar-refractivity contribution >= 4 is 44.6 Å². The number of hydrogen-bond donors (Lipinski definition) is 2. The molecule has 1 aromatic heterocycles. The summed E-state index contributed by atoms with van der Waals surface area (Å²) < 4.78 is 26.8. The Kier molecular flexibility index (Phi) is 5.00. The van der Waals surface area contributed by atoms with Crippen molar-refractivity contribution in [2.75, 3.05) is 0 Å². The highest BCUT2D eigenvalue weighted by molar-refractivity contribution is 7.89. The summed E-state index contributed by atoms with van der Waals surface area (Å²) in [5.41, 5.74) is 1.80. The van der Waals surface area contributed by atoms with Crippen molar-refractivity contribution in [1.29, 1.82) is 0 Å². The number of nitrogens with one attached hydrogen (secondary N) is 1. The smallest absolute Gasteiger partial charge is 0.242 e. The lowest BCUT2D eigenvalue weighted by atomic mass is 10.2. The lowest BCUT2D eigenvalue weighted by Crippen LogP contribution is -2.23. The normalized spacial score (nSPS) is 11.8. The Balaban J connectivity index is 2.30. The van der Waals surface area contributed by atoms with Crippen molar-refractivity contribution in [2.24, 2.45) is 0 Å². The van der Waals surface area contributed by atoms with Crippen LogP contribution in [-0.2, 0) is 23.2 Å². The summed E-state index contributed by atoms with van der Waals surface area (Å²) >= 11 is 13.2. The fraction of sp³-hybridized carbons (Fsp3) is 0.182. The minimum Gasteiger partial charge on any atom is -0.392 e. The lowest BCUT2D eigenvalue weighted by molar-refractivity contribution is 0.281. The number of sulfonamides is 1. The van der Waals surface area contributed by atoms with Gasteiger partial charge in [0.25, 0.3) is 0 Å². The molecule has 0 bridgehead atoms. The summed E-state index contributed by atoms with van der Waals surface area (Å²) in [6, 6.07) is 2.69. The third-order valence-corrected chi connectivity index (χ3v) is 5.64. The average Bonchev–Trinajstić information content (AvgIpc) is 2.90. The molecule has 0 radical (unpaired) electrons. The largest absolute Gasteiger partial charge is 0.392 e. The van der Waals surface area contributed by atoms with Gasteiger partial charge < -0.3 is 5.11 Å². The number of aromatic nitrogens is 1. The zero-order chi connectivity index (χ0) is 14.8. The molecule has 1 heterocycles. The molecule has 0 aliphatic heterocycles. The Bertz CT molecular complexity index is 703. The zero-order valence-corrected chi connectivity index (χ0v) is 13.2. The van der Waals surface area contributed by atoms with Gasteiger partial charge in [0.15, 0.2) is 0 Å². The first kappa shape index (κ1) is 15.7. The van der Waals surface area contributed by atoms with Crippen LogP contribution in [-0.4, -0.2) is 18.5 Å². The van der Waals surface area contributed by atoms with E-state index in [-0.39, 0.29) is 27.0 Å². The van der Waals surface area contributed by atoms with E-state index < -0.39 is 16.6 Å². The molecule has 108 valence electrons. The highest BCUT2D eigenvalue weighted by Gasteiger charge is 2.21. The number of benzene rings is 1. The standard InChI is InChI=1S/C11H10Cl2N2O3S2/c12-9-1-2-10(11(13)8(9)5-16)20(17,18)15-4-7-3-14-6-19-7/h1-3,6,15-16H,4-5H2. The van der Waals surface area contributed by atoms with Crippen molar-refractivity contribution in [3.8, 4) is 0 Å². The molecule has 2 aromatic rings. The van der Waals surface area contributed by atoms with E-state index in [1.807, 2.05) is 0 Å². The van der Waals surface area contributed by atoms with Crippen LogP contribution in [0.5, 0.6) is 0 Å². The van der Waals surface area contributed by atoms with Gasteiger partial charge in [-0.15, -0.1) is 11.3 Å². The van der Waals surface area contributed by atoms with Crippen LogP contribution in [0, 0.1) is 0 Å². The molecule has 5 nitrogen and oxygen atoms in total. The molecule has 0 spiro atoms. The van der Waals surface area contributed by atoms with E-state index in [2.05, 4.69) is 9.71 Å². The minimum absolute atomic E-state index is 0.0724. The van der Waals surface area contributed by atoms with Gasteiger partial charge in [0.05, 0.1) is 17.1 Å². The van der Waals surface area contributed by atoms with Crippen LogP contribution in [0.4, 0.5) is 0 Å². The molecule has 0 aliphatic rings. The third kappa shape index (κ3) is 3.30. The molecule has 2 N–H and O–H groups in total. The van der Waals surface area contributed by atoms with Crippen molar-refractivity contribution in [3.05, 3.63) is 44.3 Å². The van der Waals surface area contributed by atoms with E-state index in [9.17, 15) is 13.5 Å².